The number of hydrogen-bond donors (Lipinski definition) is 0. The molecule has 0 nitrogen and oxygen atoms in total. The van der Waals surface area contributed by atoms with Gasteiger partial charge in [0.15, 0.2) is 0 Å². The third-order valence-electron chi connectivity index (χ3n) is 4.07. The first-order valence-corrected chi connectivity index (χ1v) is 9.00. The van der Waals surface area contributed by atoms with Crippen LogP contribution in [0.3, 0.4) is 0 Å². The van der Waals surface area contributed by atoms with E-state index in [1.54, 1.807) is 0 Å². The predicted molar refractivity (Wildman–Crippen MR) is 112 cm³/mol. The second kappa shape index (κ2) is 11.3. The van der Waals surface area contributed by atoms with Crippen LogP contribution in [0.4, 0.5) is 0 Å². The Morgan fingerprint density at radius 2 is 0.960 bits per heavy atom. The lowest BCUT2D eigenvalue weighted by Crippen LogP contribution is -1.83. The molecule has 0 amide bonds. The molecule has 3 aromatic carbocycles. The highest BCUT2D eigenvalue weighted by molar-refractivity contribution is 5.23. The molecule has 0 radical (unpaired) electrons. The van der Waals surface area contributed by atoms with Crippen molar-refractivity contribution in [3.05, 3.63) is 107 Å². The summed E-state index contributed by atoms with van der Waals surface area (Å²) >= 11 is 0. The van der Waals surface area contributed by atoms with Crippen molar-refractivity contribution in [2.75, 3.05) is 0 Å². The van der Waals surface area contributed by atoms with Gasteiger partial charge in [0.25, 0.3) is 0 Å². The smallest absolute Gasteiger partial charge is 0.0219 e. The fourth-order valence-electron chi connectivity index (χ4n) is 2.31. The van der Waals surface area contributed by atoms with E-state index in [0.717, 1.165) is 0 Å². The van der Waals surface area contributed by atoms with Gasteiger partial charge in [0.2, 0.25) is 0 Å². The lowest BCUT2D eigenvalue weighted by atomic mass is 10.0. The van der Waals surface area contributed by atoms with Gasteiger partial charge >= 0.3 is 0 Å². The predicted octanol–water partition coefficient (Wildman–Crippen LogP) is 7.42. The third kappa shape index (κ3) is 8.91. The molecule has 25 heavy (non-hydrogen) atoms. The Morgan fingerprint density at radius 3 is 1.24 bits per heavy atom. The maximum atomic E-state index is 2.20. The van der Waals surface area contributed by atoms with Crippen LogP contribution in [0.15, 0.2) is 78.9 Å². The van der Waals surface area contributed by atoms with Gasteiger partial charge in [0.05, 0.1) is 0 Å². The zero-order valence-electron chi connectivity index (χ0n) is 16.6. The average Bonchev–Trinajstić information content (AvgIpc) is 2.59. The van der Waals surface area contributed by atoms with Gasteiger partial charge < -0.3 is 0 Å². The van der Waals surface area contributed by atoms with Gasteiger partial charge in [0.1, 0.15) is 0 Å². The molecule has 0 aliphatic heterocycles. The first-order chi connectivity index (χ1) is 11.9. The van der Waals surface area contributed by atoms with Gasteiger partial charge in [-0.25, -0.2) is 0 Å². The lowest BCUT2D eigenvalue weighted by molar-refractivity contribution is 0.867. The van der Waals surface area contributed by atoms with Crippen molar-refractivity contribution >= 4 is 0 Å². The topological polar surface area (TPSA) is 0 Å². The molecule has 0 aliphatic rings. The standard InChI is InChI=1S/C9H12.2C8H10/c1-8(2)9-6-4-3-5-7-9;1-7-4-3-5-8(2)6-7;1-7-5-3-4-6-8(7)2/h3-8H,1-2H3;2*3-6H,1-2H3. The van der Waals surface area contributed by atoms with E-state index >= 15 is 0 Å². The van der Waals surface area contributed by atoms with Crippen molar-refractivity contribution in [1.82, 2.24) is 0 Å². The summed E-state index contributed by atoms with van der Waals surface area (Å²) in [7, 11) is 0. The Labute approximate surface area is 154 Å². The number of hydrogen-bond acceptors (Lipinski definition) is 0. The minimum Gasteiger partial charge on any atom is -0.0622 e. The maximum Gasteiger partial charge on any atom is -0.0219 e. The van der Waals surface area contributed by atoms with Crippen LogP contribution in [-0.4, -0.2) is 0 Å². The molecule has 0 fully saturated rings. The van der Waals surface area contributed by atoms with Gasteiger partial charge in [0, 0.05) is 0 Å². The molecule has 0 saturated heterocycles. The lowest BCUT2D eigenvalue weighted by Gasteiger charge is -2.01. The molecule has 132 valence electrons. The molecule has 0 bridgehead atoms. The summed E-state index contributed by atoms with van der Waals surface area (Å²) in [4.78, 5) is 0. The molecule has 0 heteroatoms. The summed E-state index contributed by atoms with van der Waals surface area (Å²) < 4.78 is 0. The summed E-state index contributed by atoms with van der Waals surface area (Å²) in [5.41, 5.74) is 6.83. The van der Waals surface area contributed by atoms with Crippen LogP contribution in [0, 0.1) is 27.7 Å². The zero-order chi connectivity index (χ0) is 18.7. The van der Waals surface area contributed by atoms with Crippen molar-refractivity contribution in [2.24, 2.45) is 0 Å². The Hall–Kier alpha value is -2.34. The Morgan fingerprint density at radius 1 is 0.520 bits per heavy atom. The van der Waals surface area contributed by atoms with Crippen molar-refractivity contribution < 1.29 is 0 Å². The van der Waals surface area contributed by atoms with E-state index in [1.807, 2.05) is 6.07 Å². The summed E-state index contributed by atoms with van der Waals surface area (Å²) in [6.45, 7) is 12.9. The molecule has 0 N–H and O–H groups in total. The zero-order valence-corrected chi connectivity index (χ0v) is 16.6. The molecule has 0 saturated carbocycles. The number of rotatable bonds is 1. The Balaban J connectivity index is 0.000000188. The summed E-state index contributed by atoms with van der Waals surface area (Å²) in [5, 5.41) is 0. The largest absolute Gasteiger partial charge is 0.0622 e. The van der Waals surface area contributed by atoms with Crippen LogP contribution in [0.5, 0.6) is 0 Å². The van der Waals surface area contributed by atoms with E-state index in [0.29, 0.717) is 5.92 Å². The van der Waals surface area contributed by atoms with E-state index in [1.165, 1.54) is 27.8 Å². The normalized spacial score (nSPS) is 9.56. The molecule has 0 aromatic heterocycles. The fourth-order valence-corrected chi connectivity index (χ4v) is 2.31. The summed E-state index contributed by atoms with van der Waals surface area (Å²) in [5.74, 6) is 0.659. The van der Waals surface area contributed by atoms with Crippen LogP contribution in [0.1, 0.15) is 47.6 Å². The second-order valence-corrected chi connectivity index (χ2v) is 6.81. The molecular formula is C25H32. The summed E-state index contributed by atoms with van der Waals surface area (Å²) in [6.07, 6.45) is 0. The van der Waals surface area contributed by atoms with Crippen molar-refractivity contribution in [3.63, 3.8) is 0 Å². The molecule has 0 unspecified atom stereocenters. The molecular weight excluding hydrogens is 300 g/mol. The van der Waals surface area contributed by atoms with Crippen molar-refractivity contribution in [1.29, 1.82) is 0 Å². The van der Waals surface area contributed by atoms with E-state index in [-0.39, 0.29) is 0 Å². The van der Waals surface area contributed by atoms with Gasteiger partial charge in [-0.05, 0) is 50.3 Å². The maximum absolute atomic E-state index is 2.20. The third-order valence-corrected chi connectivity index (χ3v) is 4.07. The number of aryl methyl sites for hydroxylation is 4. The quantitative estimate of drug-likeness (QED) is 0.435. The van der Waals surface area contributed by atoms with E-state index in [9.17, 15) is 0 Å². The highest BCUT2D eigenvalue weighted by atomic mass is 14.0. The first kappa shape index (κ1) is 20.7. The van der Waals surface area contributed by atoms with Crippen LogP contribution >= 0.6 is 0 Å². The van der Waals surface area contributed by atoms with Crippen LogP contribution in [0.25, 0.3) is 0 Å². The molecule has 0 spiro atoms. The van der Waals surface area contributed by atoms with Gasteiger partial charge in [-0.15, -0.1) is 0 Å². The minimum atomic E-state index is 0.659. The van der Waals surface area contributed by atoms with Gasteiger partial charge in [-0.2, -0.15) is 0 Å². The van der Waals surface area contributed by atoms with E-state index in [4.69, 9.17) is 0 Å². The fraction of sp³-hybridized carbons (Fsp3) is 0.280. The summed E-state index contributed by atoms with van der Waals surface area (Å²) in [6, 6.07) is 27.3. The van der Waals surface area contributed by atoms with Crippen LogP contribution in [0.2, 0.25) is 0 Å². The first-order valence-electron chi connectivity index (χ1n) is 9.00. The average molecular weight is 333 g/mol. The monoisotopic (exact) mass is 332 g/mol. The Kier molecular flexibility index (Phi) is 9.32. The highest BCUT2D eigenvalue weighted by Gasteiger charge is 1.93. The molecule has 0 aliphatic carbocycles. The molecule has 3 aromatic rings. The Bertz CT molecular complexity index is 686. The molecule has 3 rings (SSSR count). The van der Waals surface area contributed by atoms with Gasteiger partial charge in [-0.3, -0.25) is 0 Å². The van der Waals surface area contributed by atoms with Crippen molar-refractivity contribution in [2.45, 2.75) is 47.5 Å². The van der Waals surface area contributed by atoms with Crippen LogP contribution in [-0.2, 0) is 0 Å². The minimum absolute atomic E-state index is 0.659. The molecule has 0 heterocycles. The van der Waals surface area contributed by atoms with E-state index < -0.39 is 0 Å². The SMILES string of the molecule is CC(C)c1ccccc1.Cc1cccc(C)c1.Cc1ccccc1C. The molecule has 0 atom stereocenters. The second-order valence-electron chi connectivity index (χ2n) is 6.81. The highest BCUT2D eigenvalue weighted by Crippen LogP contribution is 2.11. The van der Waals surface area contributed by atoms with Crippen molar-refractivity contribution in [3.8, 4) is 0 Å². The number of benzene rings is 3. The van der Waals surface area contributed by atoms with Crippen LogP contribution < -0.4 is 0 Å². The van der Waals surface area contributed by atoms with E-state index in [2.05, 4.69) is 114 Å². The van der Waals surface area contributed by atoms with Gasteiger partial charge in [-0.1, -0.05) is 104 Å².